The molecule has 14 nitrogen and oxygen atoms in total. The number of terminal acetylenes is 2. The molecule has 2 atom stereocenters. The first-order chi connectivity index (χ1) is 20.6. The fraction of sp³-hybridized carbons (Fsp3) is 0.200. The van der Waals surface area contributed by atoms with Gasteiger partial charge in [-0.3, -0.25) is 4.79 Å². The molecule has 4 rings (SSSR count). The molecule has 2 heterocycles. The van der Waals surface area contributed by atoms with Crippen LogP contribution in [0.15, 0.2) is 60.9 Å². The van der Waals surface area contributed by atoms with Crippen molar-refractivity contribution < 1.29 is 79.4 Å². The number of para-hydroxylation sites is 2. The molecule has 0 aliphatic heterocycles. The summed E-state index contributed by atoms with van der Waals surface area (Å²) in [6, 6.07) is 13.3. The van der Waals surface area contributed by atoms with E-state index in [1.54, 1.807) is 6.20 Å². The van der Waals surface area contributed by atoms with Gasteiger partial charge in [-0.15, -0.1) is 12.8 Å². The number of H-pyrrole nitrogens is 2. The molecular formula is C30H32ClN4NaO10. The number of ether oxygens (including phenoxy) is 2. The Morgan fingerprint density at radius 3 is 1.72 bits per heavy atom. The second kappa shape index (κ2) is 22.9. The van der Waals surface area contributed by atoms with Crippen molar-refractivity contribution in [3.8, 4) is 24.7 Å². The van der Waals surface area contributed by atoms with E-state index in [4.69, 9.17) is 35.3 Å². The van der Waals surface area contributed by atoms with E-state index >= 15 is 0 Å². The van der Waals surface area contributed by atoms with E-state index in [1.165, 1.54) is 0 Å². The van der Waals surface area contributed by atoms with Crippen LogP contribution >= 0.6 is 11.6 Å². The normalized spacial score (nSPS) is 10.5. The molecule has 0 saturated heterocycles. The summed E-state index contributed by atoms with van der Waals surface area (Å²) in [6.07, 6.45) is 12.8. The summed E-state index contributed by atoms with van der Waals surface area (Å²) in [5, 5.41) is 22.2. The maximum atomic E-state index is 11.4. The van der Waals surface area contributed by atoms with Gasteiger partial charge in [0.05, 0.1) is 0 Å². The molecular weight excluding hydrogens is 635 g/mol. The Morgan fingerprint density at radius 1 is 0.848 bits per heavy atom. The van der Waals surface area contributed by atoms with Gasteiger partial charge in [0.1, 0.15) is 12.1 Å². The van der Waals surface area contributed by atoms with Crippen LogP contribution in [0.5, 0.6) is 0 Å². The molecule has 0 saturated carbocycles. The number of aromatic amines is 2. The Morgan fingerprint density at radius 2 is 1.30 bits per heavy atom. The van der Waals surface area contributed by atoms with Crippen LogP contribution in [0.2, 0.25) is 0 Å². The molecule has 0 aliphatic carbocycles. The Balaban J connectivity index is 0. The Labute approximate surface area is 290 Å². The Hall–Kier alpha value is -4.51. The van der Waals surface area contributed by atoms with Crippen molar-refractivity contribution in [2.45, 2.75) is 24.9 Å². The third-order valence-electron chi connectivity index (χ3n) is 5.68. The number of carbonyl (C=O) groups excluding carboxylic acids is 2. The van der Waals surface area contributed by atoms with Crippen LogP contribution in [0.25, 0.3) is 21.8 Å². The molecule has 46 heavy (non-hydrogen) atoms. The van der Waals surface area contributed by atoms with Gasteiger partial charge in [-0.25, -0.2) is 14.4 Å². The van der Waals surface area contributed by atoms with Crippen LogP contribution in [0.1, 0.15) is 11.1 Å². The molecule has 0 unspecified atom stereocenters. The third-order valence-corrected chi connectivity index (χ3v) is 5.79. The summed E-state index contributed by atoms with van der Waals surface area (Å²) in [4.78, 5) is 49.1. The zero-order chi connectivity index (χ0) is 31.8. The maximum absolute atomic E-state index is 11.4. The number of nitrogens with one attached hydrogen (secondary N) is 3. The van der Waals surface area contributed by atoms with Crippen molar-refractivity contribution in [2.75, 3.05) is 13.2 Å². The predicted molar refractivity (Wildman–Crippen MR) is 166 cm³/mol. The molecule has 10 N–H and O–H groups in total. The number of carboxylic acid groups (broad SMARTS) is 2. The molecule has 16 heteroatoms. The van der Waals surface area contributed by atoms with Crippen molar-refractivity contribution in [3.63, 3.8) is 0 Å². The average Bonchev–Trinajstić information content (AvgIpc) is 3.59. The Kier molecular flexibility index (Phi) is 21.7. The molecule has 0 fully saturated rings. The number of carbonyl (C=O) groups is 4. The molecule has 2 aromatic carbocycles. The van der Waals surface area contributed by atoms with Crippen LogP contribution < -0.4 is 40.6 Å². The molecule has 0 radical (unpaired) electrons. The minimum Gasteiger partial charge on any atom is -0.870 e. The zero-order valence-corrected chi connectivity index (χ0v) is 27.4. The number of nitrogens with two attached hydrogens (primary N) is 1. The van der Waals surface area contributed by atoms with Crippen molar-refractivity contribution in [1.29, 1.82) is 0 Å². The molecule has 0 spiro atoms. The quantitative estimate of drug-likeness (QED) is 0.0768. The van der Waals surface area contributed by atoms with E-state index in [9.17, 15) is 24.3 Å². The monoisotopic (exact) mass is 666 g/mol. The fourth-order valence-corrected chi connectivity index (χ4v) is 3.79. The first-order valence-electron chi connectivity index (χ1n) is 12.5. The number of aromatic nitrogens is 2. The standard InChI is InChI=1S/C15H14N2O4.C11H12N2O2.C4H3ClO2.Na.2H2O/c1-2-7-21-15(20)17-13(14(18)19)8-10-9-16-12-6-4-3-5-11(10)12;12-9(11(14)15)5-7-6-13-10-4-2-1-3-8(7)10;1-2-3-7-4(5)6;;;/h1,3-6,9,13,16H,7-8H2,(H,17,20)(H,18,19);1-4,6,9,13H,5,12H2,(H,14,15);1H,3H2;;2*1H2/q;;;+1;;/p-1/t13-;9-;;;;/m11..../s1. The smallest absolute Gasteiger partial charge is 0.870 e. The molecule has 1 amide bonds. The summed E-state index contributed by atoms with van der Waals surface area (Å²) in [7, 11) is 0. The number of fused-ring (bicyclic) bond motifs is 2. The summed E-state index contributed by atoms with van der Waals surface area (Å²) >= 11 is 4.70. The first-order valence-corrected chi connectivity index (χ1v) is 12.9. The summed E-state index contributed by atoms with van der Waals surface area (Å²) < 4.78 is 8.70. The van der Waals surface area contributed by atoms with Crippen LogP contribution in [0.3, 0.4) is 0 Å². The van der Waals surface area contributed by atoms with Crippen LogP contribution in [-0.2, 0) is 31.9 Å². The minimum atomic E-state index is -1.14. The topological polar surface area (TPSA) is 258 Å². The van der Waals surface area contributed by atoms with E-state index in [0.717, 1.165) is 32.9 Å². The number of halogens is 1. The number of hydrogen-bond donors (Lipinski definition) is 6. The predicted octanol–water partition coefficient (Wildman–Crippen LogP) is -0.357. The molecule has 240 valence electrons. The van der Waals surface area contributed by atoms with Crippen LogP contribution in [0.4, 0.5) is 9.59 Å². The van der Waals surface area contributed by atoms with Gasteiger partial charge in [-0.1, -0.05) is 48.2 Å². The third kappa shape index (κ3) is 14.5. The molecule has 2 aromatic heterocycles. The largest absolute Gasteiger partial charge is 1.00 e. The number of aliphatic carboxylic acids is 2. The molecule has 4 aromatic rings. The maximum Gasteiger partial charge on any atom is 1.00 e. The van der Waals surface area contributed by atoms with Gasteiger partial charge in [0, 0.05) is 58.6 Å². The van der Waals surface area contributed by atoms with E-state index in [-0.39, 0.29) is 60.1 Å². The van der Waals surface area contributed by atoms with Crippen LogP contribution in [-0.4, -0.2) is 79.9 Å². The van der Waals surface area contributed by atoms with Crippen LogP contribution in [0, 0.1) is 24.7 Å². The number of benzene rings is 2. The minimum absolute atomic E-state index is 0. The van der Waals surface area contributed by atoms with Crippen molar-refractivity contribution in [2.24, 2.45) is 5.73 Å². The Bertz CT molecular complexity index is 1640. The van der Waals surface area contributed by atoms with E-state index in [1.807, 2.05) is 54.7 Å². The van der Waals surface area contributed by atoms with E-state index < -0.39 is 35.5 Å². The van der Waals surface area contributed by atoms with Crippen molar-refractivity contribution in [3.05, 3.63) is 72.1 Å². The van der Waals surface area contributed by atoms with Gasteiger partial charge in [0.15, 0.2) is 13.2 Å². The zero-order valence-electron chi connectivity index (χ0n) is 24.7. The van der Waals surface area contributed by atoms with Crippen molar-refractivity contribution >= 4 is 56.9 Å². The number of carboxylic acids is 2. The fourth-order valence-electron chi connectivity index (χ4n) is 3.73. The van der Waals surface area contributed by atoms with E-state index in [2.05, 4.69) is 36.6 Å². The second-order valence-corrected chi connectivity index (χ2v) is 8.93. The molecule has 0 bridgehead atoms. The van der Waals surface area contributed by atoms with E-state index in [0.29, 0.717) is 6.42 Å². The van der Waals surface area contributed by atoms with Crippen molar-refractivity contribution in [1.82, 2.24) is 15.3 Å². The van der Waals surface area contributed by atoms with Gasteiger partial charge < -0.3 is 51.7 Å². The van der Waals surface area contributed by atoms with Gasteiger partial charge in [0.2, 0.25) is 0 Å². The van der Waals surface area contributed by atoms with Gasteiger partial charge >= 0.3 is 53.0 Å². The number of alkyl carbamates (subject to hydrolysis) is 1. The first kappa shape index (κ1) is 43.6. The number of amides is 1. The number of rotatable bonds is 9. The van der Waals surface area contributed by atoms with Gasteiger partial charge in [0.25, 0.3) is 0 Å². The molecule has 0 aliphatic rings. The number of hydrogen-bond acceptors (Lipinski definition) is 8. The SMILES string of the molecule is C#CCOC(=O)Cl.C#CCOC(=O)N[C@H](Cc1c[nH]c2ccccc12)C(=O)O.N[C@H](Cc1c[nH]c2ccccc12)C(=O)O.O.[Na+].[OH-]. The van der Waals surface area contributed by atoms with Gasteiger partial charge in [-0.2, -0.15) is 0 Å². The van der Waals surface area contributed by atoms with Gasteiger partial charge in [-0.05, 0) is 23.3 Å². The average molecular weight is 667 g/mol. The second-order valence-electron chi connectivity index (χ2n) is 8.62. The summed E-state index contributed by atoms with van der Waals surface area (Å²) in [5.41, 5.74) is 8.28. The summed E-state index contributed by atoms with van der Waals surface area (Å²) in [6.45, 7) is -0.256. The summed E-state index contributed by atoms with van der Waals surface area (Å²) in [5.74, 6) is 2.09.